The van der Waals surface area contributed by atoms with Gasteiger partial charge in [-0.2, -0.15) is 0 Å². The number of hydrogen-bond donors (Lipinski definition) is 1. The summed E-state index contributed by atoms with van der Waals surface area (Å²) in [6.07, 6.45) is 0. The Bertz CT molecular complexity index is 665. The van der Waals surface area contributed by atoms with Crippen molar-refractivity contribution >= 4 is 15.9 Å². The number of sulfonamides is 1. The number of carbonyl (C=O) groups is 1. The summed E-state index contributed by atoms with van der Waals surface area (Å²) in [6, 6.07) is 5.27. The fraction of sp³-hybridized carbons (Fsp3) is 0.562. The van der Waals surface area contributed by atoms with Crippen LogP contribution in [0.4, 0.5) is 0 Å². The van der Waals surface area contributed by atoms with E-state index in [1.165, 1.54) is 0 Å². The predicted octanol–water partition coefficient (Wildman–Crippen LogP) is 0.746. The molecule has 1 aliphatic heterocycles. The maximum absolute atomic E-state index is 12.4. The molecule has 23 heavy (non-hydrogen) atoms. The first kappa shape index (κ1) is 17.9. The Balaban J connectivity index is 1.97. The highest BCUT2D eigenvalue weighted by atomic mass is 32.2. The molecule has 6 nitrogen and oxygen atoms in total. The number of aryl methyl sites for hydroxylation is 2. The first-order chi connectivity index (χ1) is 10.8. The Morgan fingerprint density at radius 1 is 1.17 bits per heavy atom. The van der Waals surface area contributed by atoms with Gasteiger partial charge in [-0.05, 0) is 37.6 Å². The molecule has 1 aromatic rings. The van der Waals surface area contributed by atoms with E-state index in [0.29, 0.717) is 18.7 Å². The normalized spacial score (nSPS) is 16.6. The number of amides is 1. The molecule has 0 aliphatic carbocycles. The lowest BCUT2D eigenvalue weighted by molar-refractivity contribution is -0.131. The summed E-state index contributed by atoms with van der Waals surface area (Å²) in [7, 11) is -3.67. The lowest BCUT2D eigenvalue weighted by Gasteiger charge is -2.34. The van der Waals surface area contributed by atoms with Crippen molar-refractivity contribution in [1.29, 1.82) is 0 Å². The summed E-state index contributed by atoms with van der Waals surface area (Å²) in [5.41, 5.74) is 1.55. The summed E-state index contributed by atoms with van der Waals surface area (Å²) < 4.78 is 27.2. The number of hydrogen-bond acceptors (Lipinski definition) is 4. The molecule has 0 spiro atoms. The summed E-state index contributed by atoms with van der Waals surface area (Å²) >= 11 is 0. The van der Waals surface area contributed by atoms with Crippen LogP contribution in [0.2, 0.25) is 0 Å². The molecule has 0 unspecified atom stereocenters. The average molecular weight is 339 g/mol. The molecule has 1 aromatic carbocycles. The third-order valence-electron chi connectivity index (χ3n) is 4.22. The molecular formula is C16H25N3O3S. The average Bonchev–Trinajstić information content (AvgIpc) is 2.55. The van der Waals surface area contributed by atoms with Gasteiger partial charge in [0, 0.05) is 26.2 Å². The van der Waals surface area contributed by atoms with E-state index in [4.69, 9.17) is 0 Å². The predicted molar refractivity (Wildman–Crippen MR) is 89.8 cm³/mol. The molecular weight excluding hydrogens is 314 g/mol. The Labute approximate surface area is 138 Å². The summed E-state index contributed by atoms with van der Waals surface area (Å²) in [5, 5.41) is 0. The monoisotopic (exact) mass is 339 g/mol. The van der Waals surface area contributed by atoms with Crippen LogP contribution >= 0.6 is 0 Å². The first-order valence-electron chi connectivity index (χ1n) is 7.90. The molecule has 1 aliphatic rings. The summed E-state index contributed by atoms with van der Waals surface area (Å²) in [5.74, 6) is -0.172. The second kappa shape index (κ2) is 7.42. The van der Waals surface area contributed by atoms with Crippen LogP contribution in [0.15, 0.2) is 23.1 Å². The van der Waals surface area contributed by atoms with Crippen LogP contribution < -0.4 is 4.72 Å². The van der Waals surface area contributed by atoms with Crippen molar-refractivity contribution in [3.05, 3.63) is 29.3 Å². The minimum absolute atomic E-state index is 0.172. The zero-order valence-corrected chi connectivity index (χ0v) is 14.8. The minimum Gasteiger partial charge on any atom is -0.339 e. The van der Waals surface area contributed by atoms with Crippen LogP contribution in [0.3, 0.4) is 0 Å². The van der Waals surface area contributed by atoms with E-state index in [0.717, 1.165) is 25.2 Å². The van der Waals surface area contributed by atoms with Crippen LogP contribution in [-0.4, -0.2) is 63.4 Å². The van der Waals surface area contributed by atoms with Crippen LogP contribution in [0.25, 0.3) is 0 Å². The van der Waals surface area contributed by atoms with Gasteiger partial charge in [-0.1, -0.05) is 19.1 Å². The fourth-order valence-electron chi connectivity index (χ4n) is 2.66. The van der Waals surface area contributed by atoms with E-state index in [9.17, 15) is 13.2 Å². The van der Waals surface area contributed by atoms with Gasteiger partial charge in [-0.15, -0.1) is 0 Å². The number of nitrogens with one attached hydrogen (secondary N) is 1. The van der Waals surface area contributed by atoms with Gasteiger partial charge in [0.25, 0.3) is 0 Å². The quantitative estimate of drug-likeness (QED) is 0.859. The molecule has 7 heteroatoms. The van der Waals surface area contributed by atoms with Crippen molar-refractivity contribution in [2.45, 2.75) is 25.7 Å². The minimum atomic E-state index is -3.67. The number of benzene rings is 1. The Kier molecular flexibility index (Phi) is 5.78. The molecule has 1 amide bonds. The Morgan fingerprint density at radius 3 is 2.43 bits per heavy atom. The van der Waals surface area contributed by atoms with E-state index in [1.807, 2.05) is 13.0 Å². The molecule has 1 fully saturated rings. The first-order valence-corrected chi connectivity index (χ1v) is 9.39. The lowest BCUT2D eigenvalue weighted by atomic mass is 10.2. The third-order valence-corrected chi connectivity index (χ3v) is 5.76. The van der Waals surface area contributed by atoms with Crippen LogP contribution in [0, 0.1) is 13.8 Å². The van der Waals surface area contributed by atoms with Crippen molar-refractivity contribution in [2.75, 3.05) is 39.3 Å². The molecule has 0 bridgehead atoms. The van der Waals surface area contributed by atoms with Gasteiger partial charge in [-0.25, -0.2) is 13.1 Å². The zero-order valence-electron chi connectivity index (χ0n) is 14.0. The molecule has 1 heterocycles. The summed E-state index contributed by atoms with van der Waals surface area (Å²) in [6.45, 7) is 9.45. The van der Waals surface area contributed by atoms with Crippen molar-refractivity contribution in [1.82, 2.24) is 14.5 Å². The van der Waals surface area contributed by atoms with Crippen molar-refractivity contribution in [2.24, 2.45) is 0 Å². The molecule has 128 valence electrons. The van der Waals surface area contributed by atoms with Crippen molar-refractivity contribution in [3.8, 4) is 0 Å². The van der Waals surface area contributed by atoms with Gasteiger partial charge in [0.05, 0.1) is 11.4 Å². The molecule has 1 N–H and O–H groups in total. The molecule has 0 radical (unpaired) electrons. The van der Waals surface area contributed by atoms with Gasteiger partial charge in [-0.3, -0.25) is 4.79 Å². The van der Waals surface area contributed by atoms with E-state index in [-0.39, 0.29) is 17.3 Å². The van der Waals surface area contributed by atoms with E-state index >= 15 is 0 Å². The number of piperazine rings is 1. The smallest absolute Gasteiger partial charge is 0.241 e. The topological polar surface area (TPSA) is 69.7 Å². The number of carbonyl (C=O) groups excluding carboxylic acids is 1. The highest BCUT2D eigenvalue weighted by molar-refractivity contribution is 7.89. The summed E-state index contributed by atoms with van der Waals surface area (Å²) in [4.78, 5) is 16.4. The Hall–Kier alpha value is -1.44. The van der Waals surface area contributed by atoms with Crippen LogP contribution in [-0.2, 0) is 14.8 Å². The van der Waals surface area contributed by atoms with E-state index in [1.54, 1.807) is 24.0 Å². The fourth-order valence-corrected chi connectivity index (χ4v) is 3.96. The second-order valence-corrected chi connectivity index (χ2v) is 7.64. The standard InChI is InChI=1S/C16H25N3O3S/c1-4-18-7-9-19(10-8-18)16(20)12-17-23(21,22)15-11-13(2)5-6-14(15)3/h5-6,11,17H,4,7-10,12H2,1-3H3. The highest BCUT2D eigenvalue weighted by Gasteiger charge is 2.23. The van der Waals surface area contributed by atoms with Gasteiger partial charge < -0.3 is 9.80 Å². The maximum atomic E-state index is 12.4. The maximum Gasteiger partial charge on any atom is 0.241 e. The third kappa shape index (κ3) is 4.53. The molecule has 0 saturated carbocycles. The SMILES string of the molecule is CCN1CCN(C(=O)CNS(=O)(=O)c2cc(C)ccc2C)CC1. The number of rotatable bonds is 5. The van der Waals surface area contributed by atoms with Crippen molar-refractivity contribution < 1.29 is 13.2 Å². The van der Waals surface area contributed by atoms with E-state index in [2.05, 4.69) is 16.5 Å². The van der Waals surface area contributed by atoms with Crippen LogP contribution in [0.5, 0.6) is 0 Å². The molecule has 0 aromatic heterocycles. The van der Waals surface area contributed by atoms with Crippen molar-refractivity contribution in [3.63, 3.8) is 0 Å². The lowest BCUT2D eigenvalue weighted by Crippen LogP contribution is -2.51. The molecule has 0 atom stereocenters. The number of likely N-dealkylation sites (N-methyl/N-ethyl adjacent to an activating group) is 1. The van der Waals surface area contributed by atoms with E-state index < -0.39 is 10.0 Å². The molecule has 1 saturated heterocycles. The highest BCUT2D eigenvalue weighted by Crippen LogP contribution is 2.16. The van der Waals surface area contributed by atoms with Gasteiger partial charge in [0.15, 0.2) is 0 Å². The zero-order chi connectivity index (χ0) is 17.0. The van der Waals surface area contributed by atoms with Crippen LogP contribution in [0.1, 0.15) is 18.1 Å². The van der Waals surface area contributed by atoms with Gasteiger partial charge in [0.2, 0.25) is 15.9 Å². The van der Waals surface area contributed by atoms with Gasteiger partial charge >= 0.3 is 0 Å². The van der Waals surface area contributed by atoms with Gasteiger partial charge in [0.1, 0.15) is 0 Å². The number of nitrogens with zero attached hydrogens (tertiary/aromatic N) is 2. The second-order valence-electron chi connectivity index (χ2n) is 5.91. The Morgan fingerprint density at radius 2 is 1.83 bits per heavy atom. The largest absolute Gasteiger partial charge is 0.339 e. The molecule has 2 rings (SSSR count).